The van der Waals surface area contributed by atoms with Crippen LogP contribution < -0.4 is 5.73 Å². The van der Waals surface area contributed by atoms with E-state index in [1.165, 1.54) is 0 Å². The standard InChI is InChI=1S/C9H12F3NO2/c1-6-7(2-8(3-13)15-6)4-14-5-9(10,11)12/h2H,3-5,13H2,1H3. The first kappa shape index (κ1) is 12.1. The van der Waals surface area contributed by atoms with Crippen molar-refractivity contribution in [1.29, 1.82) is 0 Å². The molecule has 0 saturated heterocycles. The molecule has 0 atom stereocenters. The Labute approximate surface area is 85.0 Å². The van der Waals surface area contributed by atoms with Crippen molar-refractivity contribution < 1.29 is 22.3 Å². The number of aryl methyl sites for hydroxylation is 1. The molecule has 86 valence electrons. The topological polar surface area (TPSA) is 48.4 Å². The number of hydrogen-bond acceptors (Lipinski definition) is 3. The number of hydrogen-bond donors (Lipinski definition) is 1. The zero-order valence-corrected chi connectivity index (χ0v) is 8.23. The predicted octanol–water partition coefficient (Wildman–Crippen LogP) is 2.13. The van der Waals surface area contributed by atoms with E-state index in [0.29, 0.717) is 17.1 Å². The van der Waals surface area contributed by atoms with Gasteiger partial charge >= 0.3 is 6.18 Å². The van der Waals surface area contributed by atoms with Crippen LogP contribution in [0.25, 0.3) is 0 Å². The van der Waals surface area contributed by atoms with Crippen molar-refractivity contribution in [3.8, 4) is 0 Å². The summed E-state index contributed by atoms with van der Waals surface area (Å²) in [6.07, 6.45) is -4.30. The Kier molecular flexibility index (Phi) is 3.76. The van der Waals surface area contributed by atoms with Gasteiger partial charge in [-0.1, -0.05) is 0 Å². The van der Waals surface area contributed by atoms with Gasteiger partial charge in [0.05, 0.1) is 13.2 Å². The van der Waals surface area contributed by atoms with Crippen molar-refractivity contribution in [2.75, 3.05) is 6.61 Å². The summed E-state index contributed by atoms with van der Waals surface area (Å²) in [6.45, 7) is 0.510. The molecule has 15 heavy (non-hydrogen) atoms. The molecule has 1 aromatic heterocycles. The van der Waals surface area contributed by atoms with Gasteiger partial charge in [0.25, 0.3) is 0 Å². The summed E-state index contributed by atoms with van der Waals surface area (Å²) in [5.74, 6) is 1.08. The lowest BCUT2D eigenvalue weighted by Crippen LogP contribution is -2.16. The summed E-state index contributed by atoms with van der Waals surface area (Å²) in [5.41, 5.74) is 5.91. The van der Waals surface area contributed by atoms with Gasteiger partial charge in [-0.05, 0) is 13.0 Å². The molecule has 0 fully saturated rings. The third kappa shape index (κ3) is 3.93. The Hall–Kier alpha value is -1.01. The molecule has 1 rings (SSSR count). The second-order valence-corrected chi connectivity index (χ2v) is 3.11. The monoisotopic (exact) mass is 223 g/mol. The highest BCUT2D eigenvalue weighted by atomic mass is 19.4. The minimum atomic E-state index is -4.30. The maximum atomic E-state index is 11.8. The highest BCUT2D eigenvalue weighted by Gasteiger charge is 2.27. The smallest absolute Gasteiger partial charge is 0.411 e. The summed E-state index contributed by atoms with van der Waals surface area (Å²) in [4.78, 5) is 0. The number of ether oxygens (including phenoxy) is 1. The van der Waals surface area contributed by atoms with Crippen LogP contribution in [0.2, 0.25) is 0 Å². The molecule has 0 aromatic carbocycles. The Balaban J connectivity index is 2.47. The number of nitrogens with two attached hydrogens (primary N) is 1. The van der Waals surface area contributed by atoms with Crippen LogP contribution in [-0.4, -0.2) is 12.8 Å². The molecular weight excluding hydrogens is 211 g/mol. The van der Waals surface area contributed by atoms with Crippen molar-refractivity contribution in [3.63, 3.8) is 0 Å². The molecule has 1 aromatic rings. The van der Waals surface area contributed by atoms with Crippen LogP contribution in [0.4, 0.5) is 13.2 Å². The average Bonchev–Trinajstić information content (AvgIpc) is 2.45. The van der Waals surface area contributed by atoms with Gasteiger partial charge in [-0.25, -0.2) is 0 Å². The second kappa shape index (κ2) is 4.67. The van der Waals surface area contributed by atoms with E-state index in [-0.39, 0.29) is 13.2 Å². The van der Waals surface area contributed by atoms with Gasteiger partial charge in [0.2, 0.25) is 0 Å². The van der Waals surface area contributed by atoms with Crippen molar-refractivity contribution >= 4 is 0 Å². The maximum Gasteiger partial charge on any atom is 0.411 e. The quantitative estimate of drug-likeness (QED) is 0.850. The van der Waals surface area contributed by atoms with Crippen LogP contribution >= 0.6 is 0 Å². The first-order chi connectivity index (χ1) is 6.92. The fraction of sp³-hybridized carbons (Fsp3) is 0.556. The van der Waals surface area contributed by atoms with Crippen LogP contribution in [0.15, 0.2) is 10.5 Å². The van der Waals surface area contributed by atoms with Crippen LogP contribution in [0.3, 0.4) is 0 Å². The average molecular weight is 223 g/mol. The molecule has 0 saturated carbocycles. The Morgan fingerprint density at radius 3 is 2.60 bits per heavy atom. The highest BCUT2D eigenvalue weighted by molar-refractivity contribution is 5.19. The third-order valence-corrected chi connectivity index (χ3v) is 1.80. The summed E-state index contributed by atoms with van der Waals surface area (Å²) < 4.78 is 44.9. The van der Waals surface area contributed by atoms with E-state index in [9.17, 15) is 13.2 Å². The third-order valence-electron chi connectivity index (χ3n) is 1.80. The van der Waals surface area contributed by atoms with Crippen molar-refractivity contribution in [2.24, 2.45) is 5.73 Å². The number of halogens is 3. The fourth-order valence-electron chi connectivity index (χ4n) is 1.11. The molecule has 0 spiro atoms. The lowest BCUT2D eigenvalue weighted by molar-refractivity contribution is -0.176. The summed E-state index contributed by atoms with van der Waals surface area (Å²) in [6, 6.07) is 1.60. The Morgan fingerprint density at radius 1 is 1.47 bits per heavy atom. The lowest BCUT2D eigenvalue weighted by atomic mass is 10.2. The zero-order chi connectivity index (χ0) is 11.5. The zero-order valence-electron chi connectivity index (χ0n) is 8.23. The minimum absolute atomic E-state index is 0.116. The lowest BCUT2D eigenvalue weighted by Gasteiger charge is -2.06. The summed E-state index contributed by atoms with van der Waals surface area (Å²) in [7, 11) is 0. The van der Waals surface area contributed by atoms with Crippen molar-refractivity contribution in [1.82, 2.24) is 0 Å². The van der Waals surface area contributed by atoms with E-state index in [0.717, 1.165) is 0 Å². The molecular formula is C9H12F3NO2. The SMILES string of the molecule is Cc1oc(CN)cc1COCC(F)(F)F. The van der Waals surface area contributed by atoms with E-state index >= 15 is 0 Å². The van der Waals surface area contributed by atoms with Gasteiger partial charge in [-0.3, -0.25) is 0 Å². The number of furan rings is 1. The maximum absolute atomic E-state index is 11.8. The van der Waals surface area contributed by atoms with Gasteiger partial charge in [-0.2, -0.15) is 13.2 Å². The normalized spacial score (nSPS) is 12.1. The second-order valence-electron chi connectivity index (χ2n) is 3.11. The molecule has 3 nitrogen and oxygen atoms in total. The van der Waals surface area contributed by atoms with Gasteiger partial charge in [0.1, 0.15) is 18.1 Å². The molecule has 1 heterocycles. The van der Waals surface area contributed by atoms with E-state index < -0.39 is 12.8 Å². The van der Waals surface area contributed by atoms with Crippen molar-refractivity contribution in [2.45, 2.75) is 26.3 Å². The molecule has 0 amide bonds. The molecule has 0 aliphatic rings. The van der Waals surface area contributed by atoms with E-state index in [4.69, 9.17) is 10.2 Å². The van der Waals surface area contributed by atoms with E-state index in [1.54, 1.807) is 13.0 Å². The molecule has 0 unspecified atom stereocenters. The first-order valence-corrected chi connectivity index (χ1v) is 4.35. The summed E-state index contributed by atoms with van der Waals surface area (Å²) >= 11 is 0. The molecule has 0 aliphatic carbocycles. The molecule has 2 N–H and O–H groups in total. The highest BCUT2D eigenvalue weighted by Crippen LogP contribution is 2.18. The minimum Gasteiger partial charge on any atom is -0.465 e. The molecule has 6 heteroatoms. The van der Waals surface area contributed by atoms with Gasteiger partial charge in [-0.15, -0.1) is 0 Å². The van der Waals surface area contributed by atoms with Crippen LogP contribution in [0.1, 0.15) is 17.1 Å². The number of alkyl halides is 3. The molecule has 0 radical (unpaired) electrons. The van der Waals surface area contributed by atoms with Crippen LogP contribution in [0.5, 0.6) is 0 Å². The Morgan fingerprint density at radius 2 is 2.13 bits per heavy atom. The largest absolute Gasteiger partial charge is 0.465 e. The summed E-state index contributed by atoms with van der Waals surface area (Å²) in [5, 5.41) is 0. The molecule has 0 aliphatic heterocycles. The number of rotatable bonds is 4. The van der Waals surface area contributed by atoms with E-state index in [1.807, 2.05) is 0 Å². The van der Waals surface area contributed by atoms with Gasteiger partial charge in [0, 0.05) is 5.56 Å². The van der Waals surface area contributed by atoms with Crippen molar-refractivity contribution in [3.05, 3.63) is 23.2 Å². The Bertz CT molecular complexity index is 320. The molecule has 0 bridgehead atoms. The van der Waals surface area contributed by atoms with E-state index in [2.05, 4.69) is 4.74 Å². The van der Waals surface area contributed by atoms with Crippen LogP contribution in [0, 0.1) is 6.92 Å². The fourth-order valence-corrected chi connectivity index (χ4v) is 1.11. The predicted molar refractivity (Wildman–Crippen MR) is 47.0 cm³/mol. The van der Waals surface area contributed by atoms with Gasteiger partial charge < -0.3 is 14.9 Å². The van der Waals surface area contributed by atoms with Gasteiger partial charge in [0.15, 0.2) is 0 Å². The van der Waals surface area contributed by atoms with Crippen LogP contribution in [-0.2, 0) is 17.9 Å². The first-order valence-electron chi connectivity index (χ1n) is 4.35.